The van der Waals surface area contributed by atoms with Gasteiger partial charge >= 0.3 is 0 Å². The molecule has 0 spiro atoms. The summed E-state index contributed by atoms with van der Waals surface area (Å²) >= 11 is 17.7. The molecule has 0 unspecified atom stereocenters. The van der Waals surface area contributed by atoms with E-state index in [1.165, 1.54) is 12.1 Å². The van der Waals surface area contributed by atoms with Gasteiger partial charge in [-0.2, -0.15) is 0 Å². The minimum absolute atomic E-state index is 0. The van der Waals surface area contributed by atoms with Crippen LogP contribution in [0.5, 0.6) is 5.75 Å². The zero-order valence-electron chi connectivity index (χ0n) is 37.5. The number of halogens is 3. The molecule has 6 aromatic heterocycles. The maximum atomic E-state index is 12.1. The third-order valence-electron chi connectivity index (χ3n) is 7.78. The van der Waals surface area contributed by atoms with E-state index in [1.54, 1.807) is 45.9 Å². The Balaban J connectivity index is 0.000000835. The Morgan fingerprint density at radius 1 is 0.569 bits per heavy atom. The highest BCUT2D eigenvalue weighted by molar-refractivity contribution is 7.49. The van der Waals surface area contributed by atoms with Gasteiger partial charge in [-0.3, -0.25) is 18.7 Å². The topological polar surface area (TPSA) is 116 Å². The molecule has 0 aliphatic heterocycles. The second kappa shape index (κ2) is 33.7. The fraction of sp³-hybridized carbons (Fsp3) is 0.224. The van der Waals surface area contributed by atoms with Crippen molar-refractivity contribution >= 4 is 97.5 Å². The number of nitrogens with zero attached hydrogens (tertiary/aromatic N) is 6. The van der Waals surface area contributed by atoms with Crippen LogP contribution in [0.2, 0.25) is 15.2 Å². The Morgan fingerprint density at radius 2 is 0.954 bits per heavy atom. The van der Waals surface area contributed by atoms with Gasteiger partial charge in [-0.25, -0.2) is 19.9 Å². The summed E-state index contributed by atoms with van der Waals surface area (Å²) < 4.78 is 3.20. The normalized spacial score (nSPS) is 9.09. The number of pyridine rings is 6. The lowest BCUT2D eigenvalue weighted by molar-refractivity contribution is 0.479. The van der Waals surface area contributed by atoms with Crippen LogP contribution in [-0.4, -0.2) is 63.8 Å². The summed E-state index contributed by atoms with van der Waals surface area (Å²) in [5.74, 6) is 5.33. The summed E-state index contributed by atoms with van der Waals surface area (Å²) in [5.41, 5.74) is 3.36. The third-order valence-corrected chi connectivity index (χ3v) is 8.60. The monoisotopic (exact) mass is 924 g/mol. The molecule has 9 nitrogen and oxygen atoms in total. The van der Waals surface area contributed by atoms with Gasteiger partial charge in [0.25, 0.3) is 11.1 Å². The van der Waals surface area contributed by atoms with E-state index in [-0.39, 0.29) is 24.3 Å². The molecule has 6 radical (unpaired) electrons. The summed E-state index contributed by atoms with van der Waals surface area (Å²) in [6, 6.07) is 34.6. The first-order chi connectivity index (χ1) is 30.9. The maximum absolute atomic E-state index is 12.1. The fourth-order valence-electron chi connectivity index (χ4n) is 5.18. The zero-order chi connectivity index (χ0) is 48.0. The highest BCUT2D eigenvalue weighted by Gasteiger charge is 2.10. The van der Waals surface area contributed by atoms with Crippen molar-refractivity contribution in [3.05, 3.63) is 181 Å². The van der Waals surface area contributed by atoms with Gasteiger partial charge in [0.15, 0.2) is 5.65 Å². The van der Waals surface area contributed by atoms with Crippen molar-refractivity contribution in [1.29, 1.82) is 0 Å². The van der Waals surface area contributed by atoms with E-state index in [4.69, 9.17) is 34.8 Å². The van der Waals surface area contributed by atoms with Crippen LogP contribution < -0.4 is 11.1 Å². The fourth-order valence-corrected chi connectivity index (χ4v) is 5.92. The predicted octanol–water partition coefficient (Wildman–Crippen LogP) is 11.4. The lowest BCUT2D eigenvalue weighted by Gasteiger charge is -2.10. The SMILES string of the molecule is C.CC.CC.CC.CC#CC.Clc1cc(Cl)c2cccnc2n1.O=c1cc(Cl)c2cccnc2n1Cc1ccccc1.O=c1cc(O)c2cccnc2n1Cc1ccccc1.[B]B([B])[B]. The Hall–Kier alpha value is -5.79. The van der Waals surface area contributed by atoms with E-state index in [9.17, 15) is 14.7 Å². The van der Waals surface area contributed by atoms with E-state index < -0.39 is 6.39 Å². The number of hydrogen-bond acceptors (Lipinski definition) is 7. The first kappa shape index (κ1) is 59.2. The summed E-state index contributed by atoms with van der Waals surface area (Å²) in [6.45, 7) is 16.6. The molecule has 0 aliphatic carbocycles. The number of aromatic nitrogens is 6. The Kier molecular flexibility index (Phi) is 30.7. The molecule has 8 rings (SSSR count). The van der Waals surface area contributed by atoms with Crippen LogP contribution in [-0.2, 0) is 13.1 Å². The Labute approximate surface area is 403 Å². The molecule has 0 bridgehead atoms. The maximum Gasteiger partial charge on any atom is 0.256 e. The highest BCUT2D eigenvalue weighted by Crippen LogP contribution is 2.24. The Bertz CT molecular complexity index is 2630. The molecule has 0 fully saturated rings. The van der Waals surface area contributed by atoms with E-state index >= 15 is 0 Å². The third kappa shape index (κ3) is 19.9. The van der Waals surface area contributed by atoms with Gasteiger partial charge in [0.1, 0.15) is 22.2 Å². The number of fused-ring (bicyclic) bond motifs is 3. The lowest BCUT2D eigenvalue weighted by atomic mass is 9.08. The molecule has 1 N–H and O–H groups in total. The van der Waals surface area contributed by atoms with Gasteiger partial charge in [0.05, 0.1) is 28.5 Å². The molecule has 332 valence electrons. The molecule has 0 aliphatic rings. The Morgan fingerprint density at radius 3 is 1.42 bits per heavy atom. The van der Waals surface area contributed by atoms with Crippen LogP contribution in [0.1, 0.15) is 73.9 Å². The minimum atomic E-state index is -0.667. The molecule has 2 aromatic carbocycles. The van der Waals surface area contributed by atoms with E-state index in [2.05, 4.69) is 55.0 Å². The zero-order valence-corrected chi connectivity index (χ0v) is 39.8. The van der Waals surface area contributed by atoms with Crippen LogP contribution in [0.25, 0.3) is 33.1 Å². The molecular weight excluding hydrogens is 870 g/mol. The molecule has 0 amide bonds. The van der Waals surface area contributed by atoms with Crippen LogP contribution in [0.3, 0.4) is 0 Å². The van der Waals surface area contributed by atoms with Crippen molar-refractivity contribution in [2.45, 2.75) is 75.9 Å². The van der Waals surface area contributed by atoms with Crippen molar-refractivity contribution < 1.29 is 5.11 Å². The standard InChI is InChI=1S/C15H11ClN2O.C15H12N2O2.C8H4Cl2N2.C4H6.3C2H6.CH4.B4/c16-13-9-14(19)18(10-11-5-2-1-3-6-11)15-12(13)7-4-8-17-15;18-13-9-14(19)17(10-11-5-2-1-3-6-11)15-12(13)7-4-8-16-15;9-6-4-7(10)12-8-5(6)2-1-3-11-8;1-3-4-2;3*1-2;;1-4(2)3/h1-9H,10H2;1-9,18H,10H2;1-4H;1-2H3;3*1-2H3;1H4;. The summed E-state index contributed by atoms with van der Waals surface area (Å²) in [7, 11) is 14.0. The molecule has 6 heterocycles. The van der Waals surface area contributed by atoms with Crippen molar-refractivity contribution in [2.75, 3.05) is 0 Å². The number of benzene rings is 2. The first-order valence-electron chi connectivity index (χ1n) is 20.5. The lowest BCUT2D eigenvalue weighted by Crippen LogP contribution is -2.21. The number of hydrogen-bond donors (Lipinski definition) is 1. The van der Waals surface area contributed by atoms with Gasteiger partial charge in [-0.15, -0.1) is 11.8 Å². The molecule has 0 saturated heterocycles. The van der Waals surface area contributed by atoms with Gasteiger partial charge in [0.2, 0.25) is 0 Å². The molecule has 16 heteroatoms. The van der Waals surface area contributed by atoms with E-state index in [0.29, 0.717) is 50.6 Å². The van der Waals surface area contributed by atoms with Gasteiger partial charge in [0, 0.05) is 71.1 Å². The van der Waals surface area contributed by atoms with Crippen molar-refractivity contribution in [1.82, 2.24) is 29.1 Å². The van der Waals surface area contributed by atoms with E-state index in [0.717, 1.165) is 21.9 Å². The summed E-state index contributed by atoms with van der Waals surface area (Å²) in [4.78, 5) is 40.6. The number of aromatic hydroxyl groups is 1. The summed E-state index contributed by atoms with van der Waals surface area (Å²) in [6.07, 6.45) is 4.27. The van der Waals surface area contributed by atoms with Crippen LogP contribution in [0.4, 0.5) is 0 Å². The molecule has 65 heavy (non-hydrogen) atoms. The largest absolute Gasteiger partial charge is 0.507 e. The van der Waals surface area contributed by atoms with Crippen LogP contribution in [0.15, 0.2) is 143 Å². The van der Waals surface area contributed by atoms with Gasteiger partial charge in [-0.05, 0) is 67.4 Å². The van der Waals surface area contributed by atoms with Crippen molar-refractivity contribution in [2.24, 2.45) is 0 Å². The second-order valence-electron chi connectivity index (χ2n) is 12.0. The smallest absolute Gasteiger partial charge is 0.256 e. The highest BCUT2D eigenvalue weighted by atomic mass is 35.5. The average Bonchev–Trinajstić information content (AvgIpc) is 3.32. The average molecular weight is 926 g/mol. The minimum Gasteiger partial charge on any atom is -0.507 e. The van der Waals surface area contributed by atoms with Crippen LogP contribution in [0, 0.1) is 11.8 Å². The molecule has 8 aromatic rings. The van der Waals surface area contributed by atoms with E-state index in [1.807, 2.05) is 140 Å². The predicted molar refractivity (Wildman–Crippen MR) is 282 cm³/mol. The van der Waals surface area contributed by atoms with Crippen LogP contribution >= 0.6 is 34.8 Å². The number of rotatable bonds is 4. The van der Waals surface area contributed by atoms with Crippen molar-refractivity contribution in [3.63, 3.8) is 0 Å². The molecule has 0 saturated carbocycles. The summed E-state index contributed by atoms with van der Waals surface area (Å²) in [5, 5.41) is 13.4. The molecule has 0 atom stereocenters. The first-order valence-corrected chi connectivity index (χ1v) is 21.6. The van der Waals surface area contributed by atoms with Gasteiger partial charge in [-0.1, -0.05) is 144 Å². The van der Waals surface area contributed by atoms with Gasteiger partial charge < -0.3 is 5.11 Å². The quantitative estimate of drug-likeness (QED) is 0.106. The second-order valence-corrected chi connectivity index (χ2v) is 13.2. The van der Waals surface area contributed by atoms with Crippen molar-refractivity contribution in [3.8, 4) is 17.6 Å². The molecular formula is C49H55B4Cl3N6O3.